The van der Waals surface area contributed by atoms with Crippen LogP contribution in [0.5, 0.6) is 0 Å². The first kappa shape index (κ1) is 11.3. The van der Waals surface area contributed by atoms with E-state index in [9.17, 15) is 9.18 Å². The molecule has 2 aromatic rings. The minimum Gasteiger partial charge on any atom is -0.461 e. The van der Waals surface area contributed by atoms with Crippen LogP contribution in [0.3, 0.4) is 0 Å². The molecule has 1 aromatic heterocycles. The predicted molar refractivity (Wildman–Crippen MR) is 57.9 cm³/mol. The van der Waals surface area contributed by atoms with Gasteiger partial charge in [-0.25, -0.2) is 9.18 Å². The number of ether oxygens (including phenoxy) is 1. The maximum Gasteiger partial charge on any atom is 0.360 e. The van der Waals surface area contributed by atoms with Gasteiger partial charge >= 0.3 is 5.97 Å². The summed E-state index contributed by atoms with van der Waals surface area (Å²) in [5.74, 6) is -0.816. The van der Waals surface area contributed by atoms with Crippen LogP contribution in [0.25, 0.3) is 11.3 Å². The fraction of sp³-hybridized carbons (Fsp3) is 0.167. The molecule has 0 bridgehead atoms. The first-order valence-corrected chi connectivity index (χ1v) is 5.11. The summed E-state index contributed by atoms with van der Waals surface area (Å²) in [5.41, 5.74) is 0.292. The van der Waals surface area contributed by atoms with E-state index in [2.05, 4.69) is 5.16 Å². The summed E-state index contributed by atoms with van der Waals surface area (Å²) in [6.45, 7) is 1.94. The summed E-state index contributed by atoms with van der Waals surface area (Å²) in [4.78, 5) is 11.3. The van der Waals surface area contributed by atoms with Crippen LogP contribution in [0.2, 0.25) is 0 Å². The van der Waals surface area contributed by atoms with Crippen LogP contribution in [0, 0.1) is 5.82 Å². The molecule has 0 aliphatic heterocycles. The smallest absolute Gasteiger partial charge is 0.360 e. The van der Waals surface area contributed by atoms with Gasteiger partial charge in [-0.3, -0.25) is 0 Å². The maximum atomic E-state index is 13.4. The number of esters is 1. The van der Waals surface area contributed by atoms with Crippen LogP contribution in [0.4, 0.5) is 4.39 Å². The van der Waals surface area contributed by atoms with Gasteiger partial charge in [0.1, 0.15) is 5.82 Å². The second-order valence-electron chi connectivity index (χ2n) is 3.28. The van der Waals surface area contributed by atoms with Gasteiger partial charge in [0.2, 0.25) is 0 Å². The number of carbonyl (C=O) groups excluding carboxylic acids is 1. The molecule has 1 aromatic carbocycles. The summed E-state index contributed by atoms with van der Waals surface area (Å²) < 4.78 is 23.1. The van der Waals surface area contributed by atoms with Crippen LogP contribution < -0.4 is 0 Å². The average molecular weight is 235 g/mol. The number of aromatic nitrogens is 1. The fourth-order valence-corrected chi connectivity index (χ4v) is 1.36. The highest BCUT2D eigenvalue weighted by atomic mass is 19.1. The number of rotatable bonds is 3. The van der Waals surface area contributed by atoms with E-state index in [1.54, 1.807) is 25.1 Å². The molecule has 5 heteroatoms. The Morgan fingerprint density at radius 2 is 2.24 bits per heavy atom. The van der Waals surface area contributed by atoms with Gasteiger partial charge < -0.3 is 9.26 Å². The van der Waals surface area contributed by atoms with E-state index in [4.69, 9.17) is 9.26 Å². The van der Waals surface area contributed by atoms with Crippen molar-refractivity contribution in [2.75, 3.05) is 6.61 Å². The van der Waals surface area contributed by atoms with Crippen molar-refractivity contribution in [2.24, 2.45) is 0 Å². The molecule has 0 spiro atoms. The molecule has 0 unspecified atom stereocenters. The Morgan fingerprint density at radius 3 is 2.94 bits per heavy atom. The van der Waals surface area contributed by atoms with Gasteiger partial charge in [-0.15, -0.1) is 0 Å². The van der Waals surface area contributed by atoms with E-state index >= 15 is 0 Å². The lowest BCUT2D eigenvalue weighted by Gasteiger charge is -1.96. The molecular weight excluding hydrogens is 225 g/mol. The zero-order valence-corrected chi connectivity index (χ0v) is 9.14. The van der Waals surface area contributed by atoms with E-state index in [0.717, 1.165) is 0 Å². The number of hydrogen-bond acceptors (Lipinski definition) is 4. The van der Waals surface area contributed by atoms with E-state index in [-0.39, 0.29) is 23.6 Å². The molecule has 17 heavy (non-hydrogen) atoms. The summed E-state index contributed by atoms with van der Waals surface area (Å²) in [6, 6.07) is 7.45. The Labute approximate surface area is 97.0 Å². The van der Waals surface area contributed by atoms with Crippen molar-refractivity contribution in [2.45, 2.75) is 6.92 Å². The van der Waals surface area contributed by atoms with Crippen molar-refractivity contribution in [1.29, 1.82) is 0 Å². The second-order valence-corrected chi connectivity index (χ2v) is 3.28. The highest BCUT2D eigenvalue weighted by molar-refractivity contribution is 5.88. The van der Waals surface area contributed by atoms with Crippen molar-refractivity contribution in [3.05, 3.63) is 41.8 Å². The first-order chi connectivity index (χ1) is 8.22. The van der Waals surface area contributed by atoms with E-state index in [1.807, 2.05) is 0 Å². The lowest BCUT2D eigenvalue weighted by Crippen LogP contribution is -2.04. The zero-order chi connectivity index (χ0) is 12.3. The first-order valence-electron chi connectivity index (χ1n) is 5.11. The molecule has 0 atom stereocenters. The molecule has 1 heterocycles. The average Bonchev–Trinajstić information content (AvgIpc) is 2.79. The van der Waals surface area contributed by atoms with Crippen molar-refractivity contribution in [1.82, 2.24) is 5.16 Å². The Morgan fingerprint density at radius 1 is 1.47 bits per heavy atom. The van der Waals surface area contributed by atoms with E-state index < -0.39 is 11.8 Å². The minimum atomic E-state index is -0.584. The third-order valence-corrected chi connectivity index (χ3v) is 2.13. The lowest BCUT2D eigenvalue weighted by molar-refractivity contribution is 0.0514. The molecular formula is C12H10FNO3. The van der Waals surface area contributed by atoms with E-state index in [0.29, 0.717) is 0 Å². The molecule has 0 aliphatic rings. The van der Waals surface area contributed by atoms with Gasteiger partial charge in [0.25, 0.3) is 0 Å². The van der Waals surface area contributed by atoms with Crippen LogP contribution in [-0.2, 0) is 4.74 Å². The standard InChI is InChI=1S/C12H10FNO3/c1-2-16-12(15)10-7-11(17-14-10)8-5-3-4-6-9(8)13/h3-7H,2H2,1H3. The largest absolute Gasteiger partial charge is 0.461 e. The quantitative estimate of drug-likeness (QED) is 0.767. The monoisotopic (exact) mass is 235 g/mol. The van der Waals surface area contributed by atoms with Crippen molar-refractivity contribution < 1.29 is 18.4 Å². The van der Waals surface area contributed by atoms with Crippen LogP contribution in [-0.4, -0.2) is 17.7 Å². The Balaban J connectivity index is 2.30. The third kappa shape index (κ3) is 2.33. The van der Waals surface area contributed by atoms with Gasteiger partial charge in [0, 0.05) is 6.07 Å². The molecule has 0 amide bonds. The maximum absolute atomic E-state index is 13.4. The van der Waals surface area contributed by atoms with Gasteiger partial charge in [-0.2, -0.15) is 0 Å². The molecule has 0 saturated heterocycles. The molecule has 0 aliphatic carbocycles. The molecule has 0 radical (unpaired) electrons. The van der Waals surface area contributed by atoms with Crippen LogP contribution in [0.15, 0.2) is 34.9 Å². The summed E-state index contributed by atoms with van der Waals surface area (Å²) in [6.07, 6.45) is 0. The fourth-order valence-electron chi connectivity index (χ4n) is 1.36. The highest BCUT2D eigenvalue weighted by Gasteiger charge is 2.16. The number of hydrogen-bond donors (Lipinski definition) is 0. The van der Waals surface area contributed by atoms with Crippen molar-refractivity contribution in [3.8, 4) is 11.3 Å². The van der Waals surface area contributed by atoms with Gasteiger partial charge in [0.15, 0.2) is 11.5 Å². The second kappa shape index (κ2) is 4.78. The molecule has 0 fully saturated rings. The number of carbonyl (C=O) groups is 1. The van der Waals surface area contributed by atoms with E-state index in [1.165, 1.54) is 12.1 Å². The molecule has 88 valence electrons. The Bertz CT molecular complexity index is 536. The third-order valence-electron chi connectivity index (χ3n) is 2.13. The minimum absolute atomic E-state index is 0.0325. The SMILES string of the molecule is CCOC(=O)c1cc(-c2ccccc2F)on1. The Kier molecular flexibility index (Phi) is 3.18. The number of halogens is 1. The number of benzene rings is 1. The highest BCUT2D eigenvalue weighted by Crippen LogP contribution is 2.23. The molecule has 0 N–H and O–H groups in total. The summed E-state index contributed by atoms with van der Waals surface area (Å²) in [7, 11) is 0. The van der Waals surface area contributed by atoms with Gasteiger partial charge in [-0.05, 0) is 19.1 Å². The predicted octanol–water partition coefficient (Wildman–Crippen LogP) is 2.66. The van der Waals surface area contributed by atoms with Gasteiger partial charge in [0.05, 0.1) is 12.2 Å². The molecule has 4 nitrogen and oxygen atoms in total. The Hall–Kier alpha value is -2.17. The van der Waals surface area contributed by atoms with Crippen molar-refractivity contribution in [3.63, 3.8) is 0 Å². The number of nitrogens with zero attached hydrogens (tertiary/aromatic N) is 1. The molecule has 0 saturated carbocycles. The van der Waals surface area contributed by atoms with Crippen LogP contribution >= 0.6 is 0 Å². The summed E-state index contributed by atoms with van der Waals surface area (Å²) in [5, 5.41) is 3.54. The summed E-state index contributed by atoms with van der Waals surface area (Å²) >= 11 is 0. The zero-order valence-electron chi connectivity index (χ0n) is 9.14. The van der Waals surface area contributed by atoms with Crippen LogP contribution in [0.1, 0.15) is 17.4 Å². The van der Waals surface area contributed by atoms with Gasteiger partial charge in [-0.1, -0.05) is 17.3 Å². The van der Waals surface area contributed by atoms with Crippen molar-refractivity contribution >= 4 is 5.97 Å². The topological polar surface area (TPSA) is 52.3 Å². The normalized spacial score (nSPS) is 10.2. The lowest BCUT2D eigenvalue weighted by atomic mass is 10.1. The molecule has 2 rings (SSSR count).